The van der Waals surface area contributed by atoms with Gasteiger partial charge in [0.25, 0.3) is 0 Å². The topological polar surface area (TPSA) is 41.6 Å². The monoisotopic (exact) mass is 348 g/mol. The highest BCUT2D eigenvalue weighted by molar-refractivity contribution is 7.99. The first kappa shape index (κ1) is 17.9. The fourth-order valence-electron chi connectivity index (χ4n) is 2.26. The minimum absolute atomic E-state index is 0.0109. The van der Waals surface area contributed by atoms with Crippen molar-refractivity contribution >= 4 is 23.5 Å². The van der Waals surface area contributed by atoms with E-state index in [0.717, 1.165) is 17.8 Å². The maximum absolute atomic E-state index is 13.4. The molecule has 0 saturated carbocycles. The number of amides is 2. The van der Waals surface area contributed by atoms with Gasteiger partial charge >= 0.3 is 6.03 Å². The number of halogens is 3. The van der Waals surface area contributed by atoms with Gasteiger partial charge in [0.15, 0.2) is 0 Å². The lowest BCUT2D eigenvalue weighted by Gasteiger charge is -2.27. The summed E-state index contributed by atoms with van der Waals surface area (Å²) in [5.41, 5.74) is 0.206. The number of carbonyl (C=O) groups excluding carboxylic acids is 1. The number of ether oxygens (including phenoxy) is 1. The Bertz CT molecular complexity index is 545. The van der Waals surface area contributed by atoms with E-state index in [-0.39, 0.29) is 17.8 Å². The van der Waals surface area contributed by atoms with Gasteiger partial charge in [-0.15, -0.1) is 11.8 Å². The van der Waals surface area contributed by atoms with E-state index >= 15 is 0 Å². The van der Waals surface area contributed by atoms with Gasteiger partial charge in [-0.05, 0) is 31.5 Å². The number of benzene rings is 1. The summed E-state index contributed by atoms with van der Waals surface area (Å²) in [6, 6.07) is 3.33. The number of rotatable bonds is 4. The Morgan fingerprint density at radius 3 is 3.00 bits per heavy atom. The van der Waals surface area contributed by atoms with Crippen molar-refractivity contribution in [3.05, 3.63) is 24.0 Å². The average Bonchev–Trinajstić information content (AvgIpc) is 2.70. The lowest BCUT2D eigenvalue weighted by molar-refractivity contribution is 0.143. The van der Waals surface area contributed by atoms with Crippen molar-refractivity contribution < 1.29 is 22.7 Å². The van der Waals surface area contributed by atoms with Gasteiger partial charge < -0.3 is 15.0 Å². The molecule has 128 valence electrons. The molecule has 1 heterocycles. The Hall–Kier alpha value is -1.41. The number of urea groups is 1. The molecular weight excluding hydrogens is 329 g/mol. The second-order valence-electron chi connectivity index (χ2n) is 5.22. The highest BCUT2D eigenvalue weighted by Gasteiger charge is 2.23. The van der Waals surface area contributed by atoms with Gasteiger partial charge in [0.1, 0.15) is 5.82 Å². The Labute approximate surface area is 137 Å². The number of carbonyl (C=O) groups is 1. The first-order chi connectivity index (χ1) is 11.0. The maximum Gasteiger partial charge on any atom is 0.322 e. The van der Waals surface area contributed by atoms with Crippen molar-refractivity contribution in [3.63, 3.8) is 0 Å². The van der Waals surface area contributed by atoms with Gasteiger partial charge in [-0.2, -0.15) is 0 Å². The van der Waals surface area contributed by atoms with Gasteiger partial charge in [0.2, 0.25) is 6.43 Å². The molecule has 2 amide bonds. The number of hydrogen-bond acceptors (Lipinski definition) is 3. The smallest absolute Gasteiger partial charge is 0.322 e. The van der Waals surface area contributed by atoms with Crippen molar-refractivity contribution in [2.45, 2.75) is 30.7 Å². The molecule has 0 aromatic heterocycles. The van der Waals surface area contributed by atoms with Crippen LogP contribution in [0.4, 0.5) is 23.7 Å². The number of nitrogens with one attached hydrogen (secondary N) is 1. The van der Waals surface area contributed by atoms with Gasteiger partial charge in [-0.1, -0.05) is 0 Å². The van der Waals surface area contributed by atoms with E-state index in [2.05, 4.69) is 5.32 Å². The Morgan fingerprint density at radius 2 is 2.26 bits per heavy atom. The molecule has 1 aromatic rings. The predicted octanol–water partition coefficient (Wildman–Crippen LogP) is 3.83. The predicted molar refractivity (Wildman–Crippen MR) is 83.8 cm³/mol. The molecule has 1 atom stereocenters. The molecule has 4 nitrogen and oxygen atoms in total. The lowest BCUT2D eigenvalue weighted by Crippen LogP contribution is -2.42. The van der Waals surface area contributed by atoms with Gasteiger partial charge in [0, 0.05) is 24.1 Å². The Morgan fingerprint density at radius 1 is 1.48 bits per heavy atom. The van der Waals surface area contributed by atoms with E-state index in [1.54, 1.807) is 4.90 Å². The third-order valence-corrected chi connectivity index (χ3v) is 4.58. The molecule has 0 radical (unpaired) electrons. The van der Waals surface area contributed by atoms with E-state index in [1.807, 2.05) is 6.92 Å². The number of nitrogens with zero attached hydrogens (tertiary/aromatic N) is 1. The van der Waals surface area contributed by atoms with E-state index in [0.29, 0.717) is 31.1 Å². The van der Waals surface area contributed by atoms with Crippen LogP contribution >= 0.6 is 11.8 Å². The molecule has 1 aliphatic rings. The quantitative estimate of drug-likeness (QED) is 0.841. The highest BCUT2D eigenvalue weighted by Crippen LogP contribution is 2.29. The molecule has 0 unspecified atom stereocenters. The summed E-state index contributed by atoms with van der Waals surface area (Å²) < 4.78 is 43.5. The molecule has 1 N–H and O–H groups in total. The van der Waals surface area contributed by atoms with Crippen molar-refractivity contribution in [1.29, 1.82) is 0 Å². The molecule has 0 aliphatic carbocycles. The molecule has 0 spiro atoms. The fraction of sp³-hybridized carbons (Fsp3) is 0.533. The third kappa shape index (κ3) is 5.31. The number of alkyl halides is 2. The minimum Gasteiger partial charge on any atom is -0.380 e. The summed E-state index contributed by atoms with van der Waals surface area (Å²) in [6.07, 6.45) is -1.76. The molecule has 0 bridgehead atoms. The van der Waals surface area contributed by atoms with Crippen LogP contribution in [0.15, 0.2) is 23.1 Å². The van der Waals surface area contributed by atoms with Crippen molar-refractivity contribution in [1.82, 2.24) is 4.90 Å². The van der Waals surface area contributed by atoms with E-state index in [4.69, 9.17) is 4.74 Å². The zero-order valence-corrected chi connectivity index (χ0v) is 13.5. The molecule has 1 aromatic carbocycles. The van der Waals surface area contributed by atoms with Crippen LogP contribution in [0.2, 0.25) is 0 Å². The number of anilines is 1. The van der Waals surface area contributed by atoms with Crippen LogP contribution in [-0.4, -0.2) is 48.9 Å². The summed E-state index contributed by atoms with van der Waals surface area (Å²) in [5.74, 6) is -0.948. The largest absolute Gasteiger partial charge is 0.380 e. The van der Waals surface area contributed by atoms with Gasteiger partial charge in [0.05, 0.1) is 18.0 Å². The van der Waals surface area contributed by atoms with Crippen LogP contribution < -0.4 is 5.32 Å². The van der Waals surface area contributed by atoms with Crippen molar-refractivity contribution in [3.8, 4) is 0 Å². The molecule has 8 heteroatoms. The molecule has 23 heavy (non-hydrogen) atoms. The normalized spacial score (nSPS) is 18.8. The summed E-state index contributed by atoms with van der Waals surface area (Å²) in [6.45, 7) is 3.36. The molecule has 1 fully saturated rings. The zero-order valence-electron chi connectivity index (χ0n) is 12.7. The minimum atomic E-state index is -2.48. The highest BCUT2D eigenvalue weighted by atomic mass is 32.2. The fourth-order valence-corrected chi connectivity index (χ4v) is 3.00. The maximum atomic E-state index is 13.4. The third-order valence-electron chi connectivity index (χ3n) is 3.50. The van der Waals surface area contributed by atoms with Gasteiger partial charge in [-0.3, -0.25) is 0 Å². The first-order valence-electron chi connectivity index (χ1n) is 7.33. The standard InChI is InChI=1S/C15H19F3N2O2S/c1-10-4-6-22-7-5-20(10)15(21)19-12-8-11(16)2-3-13(12)23-9-14(17)18/h2-3,8,10,14H,4-7,9H2,1H3,(H,19,21)/t10-/m1/s1. The molecule has 1 aliphatic heterocycles. The molecule has 2 rings (SSSR count). The number of hydrogen-bond donors (Lipinski definition) is 1. The van der Waals surface area contributed by atoms with Crippen LogP contribution in [0, 0.1) is 5.82 Å². The summed E-state index contributed by atoms with van der Waals surface area (Å²) in [4.78, 5) is 14.4. The van der Waals surface area contributed by atoms with Crippen LogP contribution in [0.25, 0.3) is 0 Å². The van der Waals surface area contributed by atoms with E-state index in [9.17, 15) is 18.0 Å². The van der Waals surface area contributed by atoms with Crippen molar-refractivity contribution in [2.24, 2.45) is 0 Å². The zero-order chi connectivity index (χ0) is 16.8. The first-order valence-corrected chi connectivity index (χ1v) is 8.32. The van der Waals surface area contributed by atoms with Crippen LogP contribution in [-0.2, 0) is 4.74 Å². The Kier molecular flexibility index (Phi) is 6.59. The van der Waals surface area contributed by atoms with E-state index < -0.39 is 18.0 Å². The number of thioether (sulfide) groups is 1. The molecule has 1 saturated heterocycles. The summed E-state index contributed by atoms with van der Waals surface area (Å²) in [7, 11) is 0. The second kappa shape index (κ2) is 8.44. The molecular formula is C15H19F3N2O2S. The summed E-state index contributed by atoms with van der Waals surface area (Å²) in [5, 5.41) is 2.63. The van der Waals surface area contributed by atoms with Crippen molar-refractivity contribution in [2.75, 3.05) is 30.8 Å². The summed E-state index contributed by atoms with van der Waals surface area (Å²) >= 11 is 0.883. The van der Waals surface area contributed by atoms with Crippen LogP contribution in [0.1, 0.15) is 13.3 Å². The SMILES string of the molecule is C[C@@H]1CCOCCN1C(=O)Nc1cc(F)ccc1SCC(F)F. The van der Waals surface area contributed by atoms with Crippen LogP contribution in [0.5, 0.6) is 0 Å². The lowest BCUT2D eigenvalue weighted by atomic mass is 10.2. The van der Waals surface area contributed by atoms with Crippen LogP contribution in [0.3, 0.4) is 0 Å². The second-order valence-corrected chi connectivity index (χ2v) is 6.28. The average molecular weight is 348 g/mol. The Balaban J connectivity index is 2.10. The van der Waals surface area contributed by atoms with Gasteiger partial charge in [-0.25, -0.2) is 18.0 Å². The van der Waals surface area contributed by atoms with E-state index in [1.165, 1.54) is 12.1 Å².